The molecule has 4 heterocycles. The quantitative estimate of drug-likeness (QED) is 0.700. The van der Waals surface area contributed by atoms with Crippen LogP contribution in [0.25, 0.3) is 5.65 Å². The molecule has 25 heavy (non-hydrogen) atoms. The van der Waals surface area contributed by atoms with Crippen LogP contribution in [0.15, 0.2) is 33.7 Å². The first kappa shape index (κ1) is 15.6. The Morgan fingerprint density at radius 3 is 3.04 bits per heavy atom. The highest BCUT2D eigenvalue weighted by Crippen LogP contribution is 2.30. The minimum absolute atomic E-state index is 0.0334. The Morgan fingerprint density at radius 2 is 2.28 bits per heavy atom. The molecule has 0 N–H and O–H groups in total. The Balaban J connectivity index is 1.48. The molecule has 0 saturated carbocycles. The zero-order chi connectivity index (χ0) is 17.4. The van der Waals surface area contributed by atoms with Crippen molar-refractivity contribution in [2.75, 3.05) is 6.54 Å². The summed E-state index contributed by atoms with van der Waals surface area (Å²) in [5.41, 5.74) is 0.330. The number of likely N-dealkylation sites (tertiary alicyclic amines) is 1. The molecular weight excluding hydrogens is 324 g/mol. The Hall–Kier alpha value is -2.97. The summed E-state index contributed by atoms with van der Waals surface area (Å²) >= 11 is 0. The van der Waals surface area contributed by atoms with Crippen LogP contribution in [0.5, 0.6) is 0 Å². The van der Waals surface area contributed by atoms with Crippen LogP contribution >= 0.6 is 0 Å². The molecule has 1 saturated heterocycles. The number of nitrogens with zero attached hydrogens (tertiary/aromatic N) is 6. The Bertz CT molecular complexity index is 972. The van der Waals surface area contributed by atoms with E-state index in [2.05, 4.69) is 15.2 Å². The summed E-state index contributed by atoms with van der Waals surface area (Å²) in [5.74, 6) is 1.01. The van der Waals surface area contributed by atoms with Gasteiger partial charge >= 0.3 is 5.69 Å². The molecule has 0 aliphatic carbocycles. The van der Waals surface area contributed by atoms with Gasteiger partial charge < -0.3 is 9.42 Å². The number of hydrogen-bond donors (Lipinski definition) is 0. The van der Waals surface area contributed by atoms with Crippen LogP contribution in [0.2, 0.25) is 0 Å². The third-order valence-electron chi connectivity index (χ3n) is 4.44. The van der Waals surface area contributed by atoms with Gasteiger partial charge in [0.1, 0.15) is 0 Å². The fraction of sp³-hybridized carbons (Fsp3) is 0.438. The van der Waals surface area contributed by atoms with Crippen molar-refractivity contribution in [3.63, 3.8) is 0 Å². The van der Waals surface area contributed by atoms with E-state index in [9.17, 15) is 9.59 Å². The third kappa shape index (κ3) is 2.81. The first-order valence-corrected chi connectivity index (χ1v) is 8.27. The Morgan fingerprint density at radius 1 is 1.40 bits per heavy atom. The molecule has 3 aromatic heterocycles. The van der Waals surface area contributed by atoms with Gasteiger partial charge in [0.25, 0.3) is 0 Å². The zero-order valence-electron chi connectivity index (χ0n) is 13.8. The molecule has 0 radical (unpaired) electrons. The Labute approximate surface area is 142 Å². The van der Waals surface area contributed by atoms with E-state index in [0.29, 0.717) is 23.9 Å². The van der Waals surface area contributed by atoms with Crippen molar-refractivity contribution in [2.45, 2.75) is 38.8 Å². The van der Waals surface area contributed by atoms with Gasteiger partial charge in [0, 0.05) is 26.1 Å². The maximum Gasteiger partial charge on any atom is 0.350 e. The number of fused-ring (bicyclic) bond motifs is 1. The molecule has 1 aliphatic rings. The van der Waals surface area contributed by atoms with E-state index in [1.54, 1.807) is 30.2 Å². The van der Waals surface area contributed by atoms with Crippen molar-refractivity contribution >= 4 is 11.6 Å². The van der Waals surface area contributed by atoms with Gasteiger partial charge in [0.2, 0.25) is 11.8 Å². The van der Waals surface area contributed by atoms with E-state index in [1.165, 1.54) is 9.08 Å². The average molecular weight is 342 g/mol. The number of aromatic nitrogens is 5. The van der Waals surface area contributed by atoms with Gasteiger partial charge in [-0.2, -0.15) is 4.98 Å². The summed E-state index contributed by atoms with van der Waals surface area (Å²) in [6, 6.07) is 5.20. The SMILES string of the molecule is Cc1nc([C@H]2CCCN2C(=O)CCn2nc3ccccn3c2=O)no1. The first-order chi connectivity index (χ1) is 12.1. The van der Waals surface area contributed by atoms with Crippen molar-refractivity contribution in [1.29, 1.82) is 0 Å². The fourth-order valence-electron chi connectivity index (χ4n) is 3.24. The second-order valence-electron chi connectivity index (χ2n) is 6.10. The van der Waals surface area contributed by atoms with Crippen LogP contribution in [-0.4, -0.2) is 41.7 Å². The fourth-order valence-corrected chi connectivity index (χ4v) is 3.24. The van der Waals surface area contributed by atoms with Crippen molar-refractivity contribution < 1.29 is 9.32 Å². The van der Waals surface area contributed by atoms with Crippen LogP contribution in [0, 0.1) is 6.92 Å². The van der Waals surface area contributed by atoms with Gasteiger partial charge in [0.05, 0.1) is 12.6 Å². The smallest absolute Gasteiger partial charge is 0.340 e. The predicted octanol–water partition coefficient (Wildman–Crippen LogP) is 0.941. The Kier molecular flexibility index (Phi) is 3.83. The van der Waals surface area contributed by atoms with Crippen molar-refractivity contribution in [3.8, 4) is 0 Å². The van der Waals surface area contributed by atoms with Gasteiger partial charge in [-0.1, -0.05) is 11.2 Å². The summed E-state index contributed by atoms with van der Waals surface area (Å²) < 4.78 is 7.82. The number of aryl methyl sites for hydroxylation is 2. The highest BCUT2D eigenvalue weighted by molar-refractivity contribution is 5.76. The minimum atomic E-state index is -0.241. The van der Waals surface area contributed by atoms with Crippen LogP contribution < -0.4 is 5.69 Å². The average Bonchev–Trinajstić information content (AvgIpc) is 3.32. The van der Waals surface area contributed by atoms with Gasteiger partial charge in [-0.15, -0.1) is 5.10 Å². The van der Waals surface area contributed by atoms with E-state index in [1.807, 2.05) is 6.07 Å². The lowest BCUT2D eigenvalue weighted by Crippen LogP contribution is -2.33. The number of amides is 1. The molecule has 0 bridgehead atoms. The lowest BCUT2D eigenvalue weighted by atomic mass is 10.2. The van der Waals surface area contributed by atoms with E-state index in [-0.39, 0.29) is 30.6 Å². The van der Waals surface area contributed by atoms with E-state index in [4.69, 9.17) is 4.52 Å². The molecule has 9 heteroatoms. The first-order valence-electron chi connectivity index (χ1n) is 8.27. The molecule has 9 nitrogen and oxygen atoms in total. The molecule has 0 unspecified atom stereocenters. The number of pyridine rings is 1. The van der Waals surface area contributed by atoms with Gasteiger partial charge in [-0.3, -0.25) is 9.20 Å². The summed E-state index contributed by atoms with van der Waals surface area (Å²) in [7, 11) is 0. The van der Waals surface area contributed by atoms with Crippen molar-refractivity contribution in [1.82, 2.24) is 29.2 Å². The molecule has 1 amide bonds. The maximum atomic E-state index is 12.6. The molecule has 1 aliphatic heterocycles. The molecule has 0 aromatic carbocycles. The van der Waals surface area contributed by atoms with Crippen LogP contribution in [0.4, 0.5) is 0 Å². The standard InChI is InChI=1S/C16H18N6O3/c1-11-17-15(19-25-11)12-5-4-9-20(12)14(23)7-10-22-16(24)21-8-3-2-6-13(21)18-22/h2-3,6,8,12H,4-5,7,9-10H2,1H3/t12-/m1/s1. The van der Waals surface area contributed by atoms with E-state index >= 15 is 0 Å². The monoisotopic (exact) mass is 342 g/mol. The molecule has 3 aromatic rings. The van der Waals surface area contributed by atoms with Gasteiger partial charge in [-0.05, 0) is 25.0 Å². The molecule has 4 rings (SSSR count). The van der Waals surface area contributed by atoms with Crippen molar-refractivity contribution in [2.24, 2.45) is 0 Å². The number of carbonyl (C=O) groups excluding carboxylic acids is 1. The zero-order valence-corrected chi connectivity index (χ0v) is 13.8. The topological polar surface area (TPSA) is 98.5 Å². The summed E-state index contributed by atoms with van der Waals surface area (Å²) in [5, 5.41) is 8.19. The second-order valence-corrected chi connectivity index (χ2v) is 6.10. The highest BCUT2D eigenvalue weighted by Gasteiger charge is 2.32. The number of rotatable bonds is 4. The van der Waals surface area contributed by atoms with Crippen molar-refractivity contribution in [3.05, 3.63) is 46.6 Å². The number of carbonyl (C=O) groups is 1. The summed E-state index contributed by atoms with van der Waals surface area (Å²) in [6.07, 6.45) is 3.59. The molecule has 1 fully saturated rings. The molecular formula is C16H18N6O3. The van der Waals surface area contributed by atoms with Gasteiger partial charge in [0.15, 0.2) is 11.5 Å². The molecule has 0 spiro atoms. The number of hydrogen-bond acceptors (Lipinski definition) is 6. The van der Waals surface area contributed by atoms with Crippen LogP contribution in [-0.2, 0) is 11.3 Å². The van der Waals surface area contributed by atoms with Gasteiger partial charge in [-0.25, -0.2) is 9.48 Å². The van der Waals surface area contributed by atoms with E-state index in [0.717, 1.165) is 12.8 Å². The maximum absolute atomic E-state index is 12.6. The van der Waals surface area contributed by atoms with E-state index < -0.39 is 0 Å². The van der Waals surface area contributed by atoms with Crippen LogP contribution in [0.3, 0.4) is 0 Å². The molecule has 130 valence electrons. The normalized spacial score (nSPS) is 17.5. The third-order valence-corrected chi connectivity index (χ3v) is 4.44. The van der Waals surface area contributed by atoms with Crippen LogP contribution in [0.1, 0.15) is 37.0 Å². The predicted molar refractivity (Wildman–Crippen MR) is 86.8 cm³/mol. The lowest BCUT2D eigenvalue weighted by molar-refractivity contribution is -0.132. The lowest BCUT2D eigenvalue weighted by Gasteiger charge is -2.22. The summed E-state index contributed by atoms with van der Waals surface area (Å²) in [6.45, 7) is 2.64. The minimum Gasteiger partial charge on any atom is -0.340 e. The summed E-state index contributed by atoms with van der Waals surface area (Å²) in [4.78, 5) is 30.9. The molecule has 1 atom stereocenters. The largest absolute Gasteiger partial charge is 0.350 e. The second kappa shape index (κ2) is 6.15. The highest BCUT2D eigenvalue weighted by atomic mass is 16.5.